The fourth-order valence-electron chi connectivity index (χ4n) is 1.53. The molecule has 0 saturated carbocycles. The lowest BCUT2D eigenvalue weighted by molar-refractivity contribution is 1.38. The van der Waals surface area contributed by atoms with Gasteiger partial charge in [0.2, 0.25) is 0 Å². The quantitative estimate of drug-likeness (QED) is 0.785. The Morgan fingerprint density at radius 3 is 1.74 bits per heavy atom. The smallest absolute Gasteiger partial charge is 0.0329 e. The van der Waals surface area contributed by atoms with Crippen molar-refractivity contribution in [3.8, 4) is 0 Å². The molecule has 0 aliphatic heterocycles. The van der Waals surface area contributed by atoms with E-state index in [1.807, 2.05) is 49.6 Å². The molecule has 0 radical (unpaired) electrons. The molecule has 0 amide bonds. The van der Waals surface area contributed by atoms with Crippen LogP contribution >= 0.6 is 9.84 Å². The van der Waals surface area contributed by atoms with Crippen LogP contribution in [-0.2, 0) is 10.7 Å². The average molecular weight is 290 g/mol. The Balaban J connectivity index is 2.57. The van der Waals surface area contributed by atoms with Crippen molar-refractivity contribution >= 4 is 20.5 Å². The van der Waals surface area contributed by atoms with Crippen LogP contribution in [0, 0.1) is 4.61 Å². The maximum atomic E-state index is 10.3. The third-order valence-electron chi connectivity index (χ3n) is 2.71. The van der Waals surface area contributed by atoms with Gasteiger partial charge in [-0.15, -0.1) is 0 Å². The summed E-state index contributed by atoms with van der Waals surface area (Å²) in [7, 11) is -2.29. The summed E-state index contributed by atoms with van der Waals surface area (Å²) in [6.45, 7) is 1.98. The van der Waals surface area contributed by atoms with Gasteiger partial charge in [0.15, 0.2) is 0 Å². The molecule has 0 aliphatic carbocycles. The summed E-state index contributed by atoms with van der Waals surface area (Å²) < 4.78 is 15.1. The lowest BCUT2D eigenvalue weighted by Gasteiger charge is -2.12. The molecule has 0 spiro atoms. The summed E-state index contributed by atoms with van der Waals surface area (Å²) in [5, 5.41) is 0. The molecule has 2 aromatic rings. The molecule has 1 unspecified atom stereocenters. The first kappa shape index (κ1) is 14.1. The molecular weight excluding hydrogens is 272 g/mol. The van der Waals surface area contributed by atoms with E-state index in [0.717, 1.165) is 9.79 Å². The van der Waals surface area contributed by atoms with E-state index in [1.54, 1.807) is 0 Å². The average Bonchev–Trinajstić information content (AvgIpc) is 2.47. The summed E-state index contributed by atoms with van der Waals surface area (Å²) in [5.41, 5.74) is 0. The first-order valence-corrected chi connectivity index (χ1v) is 9.49. The fourth-order valence-corrected chi connectivity index (χ4v) is 5.03. The van der Waals surface area contributed by atoms with Crippen molar-refractivity contribution in [2.24, 2.45) is 3.77 Å². The first-order chi connectivity index (χ1) is 9.12. The number of benzene rings is 2. The lowest BCUT2D eigenvalue weighted by Crippen LogP contribution is -1.94. The van der Waals surface area contributed by atoms with Gasteiger partial charge in [-0.3, -0.25) is 0 Å². The number of nitrogens with zero attached hydrogens (tertiary/aromatic N) is 2. The third kappa shape index (κ3) is 3.80. The molecule has 0 heterocycles. The van der Waals surface area contributed by atoms with E-state index in [1.165, 1.54) is 0 Å². The molecule has 2 nitrogen and oxygen atoms in total. The normalized spacial score (nSPS) is 14.0. The van der Waals surface area contributed by atoms with Gasteiger partial charge in [-0.05, 0) is 35.0 Å². The van der Waals surface area contributed by atoms with Crippen molar-refractivity contribution in [2.45, 2.75) is 16.7 Å². The van der Waals surface area contributed by atoms with Gasteiger partial charge in [0.1, 0.15) is 0 Å². The number of hydrogen-bond acceptors (Lipinski definition) is 2. The Bertz CT molecular complexity index is 625. The van der Waals surface area contributed by atoms with E-state index in [-0.39, 0.29) is 0 Å². The minimum Gasteiger partial charge on any atom is -0.208 e. The molecule has 4 heteroatoms. The van der Waals surface area contributed by atoms with Crippen LogP contribution in [0.5, 0.6) is 0 Å². The molecule has 0 N–H and O–H groups in total. The molecule has 0 aliphatic rings. The topological polar surface area (TPSA) is 36.1 Å². The molecule has 19 heavy (non-hydrogen) atoms. The van der Waals surface area contributed by atoms with Crippen molar-refractivity contribution in [2.75, 3.05) is 12.0 Å². The van der Waals surface area contributed by atoms with Gasteiger partial charge in [-0.1, -0.05) is 43.3 Å². The Labute approximate surface area is 118 Å². The van der Waals surface area contributed by atoms with E-state index < -0.39 is 20.5 Å². The minimum absolute atomic E-state index is 0.409. The highest BCUT2D eigenvalue weighted by Gasteiger charge is 2.09. The number of hydrogen-bond donors (Lipinski definition) is 0. The van der Waals surface area contributed by atoms with Crippen molar-refractivity contribution in [1.82, 2.24) is 0 Å². The highest BCUT2D eigenvalue weighted by atomic mass is 32.3. The Morgan fingerprint density at radius 1 is 0.947 bits per heavy atom. The summed E-state index contributed by atoms with van der Waals surface area (Å²) in [6, 6.07) is 20.4. The molecule has 2 rings (SSSR count). The van der Waals surface area contributed by atoms with Gasteiger partial charge in [-0.25, -0.2) is 4.61 Å². The zero-order valence-electron chi connectivity index (χ0n) is 11.2. The van der Waals surface area contributed by atoms with Crippen LogP contribution in [0.4, 0.5) is 0 Å². The molecule has 0 fully saturated rings. The van der Waals surface area contributed by atoms with E-state index in [2.05, 4.69) is 24.3 Å². The molecule has 0 aromatic heterocycles. The maximum Gasteiger partial charge on any atom is 0.0329 e. The van der Waals surface area contributed by atoms with Gasteiger partial charge in [-0.2, -0.15) is 3.77 Å². The summed E-state index contributed by atoms with van der Waals surface area (Å²) in [6.07, 6.45) is 1.85. The summed E-state index contributed by atoms with van der Waals surface area (Å²) in [4.78, 5) is 2.30. The lowest BCUT2D eigenvalue weighted by atomic mass is 10.4. The van der Waals surface area contributed by atoms with E-state index in [9.17, 15) is 4.61 Å². The van der Waals surface area contributed by atoms with E-state index in [4.69, 9.17) is 3.77 Å². The van der Waals surface area contributed by atoms with Gasteiger partial charge < -0.3 is 0 Å². The minimum atomic E-state index is -1.88. The number of rotatable bonds is 2. The fraction of sp³-hybridized carbons (Fsp3) is 0.200. The van der Waals surface area contributed by atoms with Crippen LogP contribution in [0.1, 0.15) is 6.92 Å². The van der Waals surface area contributed by atoms with Crippen LogP contribution < -0.4 is 0 Å². The van der Waals surface area contributed by atoms with Crippen LogP contribution in [0.25, 0.3) is 0 Å². The van der Waals surface area contributed by atoms with E-state index in [0.29, 0.717) is 5.75 Å². The molecule has 100 valence electrons. The second kappa shape index (κ2) is 6.20. The summed E-state index contributed by atoms with van der Waals surface area (Å²) >= 11 is 0. The van der Waals surface area contributed by atoms with Crippen molar-refractivity contribution < 1.29 is 0 Å². The van der Waals surface area contributed by atoms with Crippen LogP contribution in [0.15, 0.2) is 74.2 Å². The van der Waals surface area contributed by atoms with Gasteiger partial charge in [0, 0.05) is 31.6 Å². The molecule has 0 saturated heterocycles. The molecule has 1 atom stereocenters. The van der Waals surface area contributed by atoms with E-state index >= 15 is 0 Å². The predicted molar refractivity (Wildman–Crippen MR) is 85.0 cm³/mol. The van der Waals surface area contributed by atoms with Crippen molar-refractivity contribution in [3.05, 3.63) is 60.7 Å². The zero-order chi connectivity index (χ0) is 13.7. The Hall–Kier alpha value is -1.35. The predicted octanol–water partition coefficient (Wildman–Crippen LogP) is 4.76. The summed E-state index contributed by atoms with van der Waals surface area (Å²) in [5.74, 6) is 0.691. The Kier molecular flexibility index (Phi) is 4.59. The van der Waals surface area contributed by atoms with Crippen molar-refractivity contribution in [3.63, 3.8) is 0 Å². The van der Waals surface area contributed by atoms with Gasteiger partial charge in [0.05, 0.1) is 0 Å². The van der Waals surface area contributed by atoms with Gasteiger partial charge >= 0.3 is 0 Å². The zero-order valence-corrected chi connectivity index (χ0v) is 12.8. The third-order valence-corrected chi connectivity index (χ3v) is 7.13. The maximum absolute atomic E-state index is 10.3. The largest absolute Gasteiger partial charge is 0.208 e. The van der Waals surface area contributed by atoms with Gasteiger partial charge in [0.25, 0.3) is 0 Å². The molecule has 2 aromatic carbocycles. The van der Waals surface area contributed by atoms with Crippen LogP contribution in [0.3, 0.4) is 0 Å². The SMILES string of the molecule is CCS(C)(#N)N=S(c1ccccc1)c1ccccc1. The van der Waals surface area contributed by atoms with Crippen LogP contribution in [0.2, 0.25) is 0 Å². The second-order valence-electron chi connectivity index (χ2n) is 4.27. The van der Waals surface area contributed by atoms with Crippen molar-refractivity contribution in [1.29, 1.82) is 4.61 Å². The van der Waals surface area contributed by atoms with Crippen LogP contribution in [-0.4, -0.2) is 12.0 Å². The first-order valence-electron chi connectivity index (χ1n) is 6.18. The second-order valence-corrected chi connectivity index (χ2v) is 8.94. The monoisotopic (exact) mass is 290 g/mol. The Morgan fingerprint density at radius 2 is 1.37 bits per heavy atom. The highest BCUT2D eigenvalue weighted by Crippen LogP contribution is 2.33. The standard InChI is InChI=1S/C15H18N2S2/c1-3-19(2,16)17-18(14-10-6-4-7-11-14)15-12-8-5-9-13-15/h4-13H,3H2,1-2H3. The highest BCUT2D eigenvalue weighted by molar-refractivity contribution is 8.23. The molecular formula is C15H18N2S2. The molecule has 0 bridgehead atoms.